The van der Waals surface area contributed by atoms with Gasteiger partial charge >= 0.3 is 0 Å². The summed E-state index contributed by atoms with van der Waals surface area (Å²) >= 11 is 7.62. The van der Waals surface area contributed by atoms with Crippen LogP contribution in [0.4, 0.5) is 0 Å². The van der Waals surface area contributed by atoms with Crippen molar-refractivity contribution in [2.24, 2.45) is 5.92 Å². The molecule has 1 aromatic heterocycles. The molecule has 1 rings (SSSR count). The highest BCUT2D eigenvalue weighted by Crippen LogP contribution is 2.18. The summed E-state index contributed by atoms with van der Waals surface area (Å²) in [5, 5.41) is 2.54. The number of carbonyl (C=O) groups excluding carboxylic acids is 1. The van der Waals surface area contributed by atoms with E-state index >= 15 is 0 Å². The minimum Gasteiger partial charge on any atom is -0.465 e. The molecule has 19 heavy (non-hydrogen) atoms. The Morgan fingerprint density at radius 3 is 2.84 bits per heavy atom. The van der Waals surface area contributed by atoms with Crippen LogP contribution >= 0.6 is 28.6 Å². The number of carbonyl (C=O) groups is 1. The fourth-order valence-electron chi connectivity index (χ4n) is 1.53. The Labute approximate surface area is 127 Å². The monoisotopic (exact) mass is 349 g/mol. The Bertz CT molecular complexity index is 423. The topological polar surface area (TPSA) is 67.0 Å². The molecule has 1 heterocycles. The quantitative estimate of drug-likeness (QED) is 0.662. The number of imidazole rings is 1. The van der Waals surface area contributed by atoms with Gasteiger partial charge in [-0.15, -0.1) is 0 Å². The summed E-state index contributed by atoms with van der Waals surface area (Å²) < 4.78 is 5.90. The predicted molar refractivity (Wildman–Crippen MR) is 81.5 cm³/mol. The van der Waals surface area contributed by atoms with Crippen molar-refractivity contribution in [3.05, 3.63) is 10.3 Å². The summed E-state index contributed by atoms with van der Waals surface area (Å²) in [4.78, 5) is 19.0. The van der Waals surface area contributed by atoms with Crippen molar-refractivity contribution in [2.75, 3.05) is 6.61 Å². The number of amides is 1. The predicted octanol–water partition coefficient (Wildman–Crippen LogP) is 2.53. The van der Waals surface area contributed by atoms with Crippen LogP contribution in [0.1, 0.15) is 32.9 Å². The number of thiol groups is 1. The van der Waals surface area contributed by atoms with Gasteiger partial charge in [0, 0.05) is 0 Å². The van der Waals surface area contributed by atoms with E-state index in [1.165, 1.54) is 0 Å². The Kier molecular flexibility index (Phi) is 6.71. The molecule has 108 valence electrons. The van der Waals surface area contributed by atoms with Crippen molar-refractivity contribution in [3.8, 4) is 6.01 Å². The molecule has 1 atom stereocenters. The first-order chi connectivity index (χ1) is 8.93. The molecule has 0 saturated heterocycles. The second-order valence-electron chi connectivity index (χ2n) is 4.61. The minimum absolute atomic E-state index is 0.0727. The van der Waals surface area contributed by atoms with Crippen LogP contribution in [0.15, 0.2) is 4.60 Å². The molecule has 2 N–H and O–H groups in total. The number of ether oxygens (including phenoxy) is 1. The summed E-state index contributed by atoms with van der Waals surface area (Å²) in [7, 11) is 0. The highest BCUT2D eigenvalue weighted by Gasteiger charge is 2.16. The van der Waals surface area contributed by atoms with Crippen molar-refractivity contribution in [3.63, 3.8) is 0 Å². The first-order valence-corrected chi connectivity index (χ1v) is 7.57. The van der Waals surface area contributed by atoms with Gasteiger partial charge in [-0.1, -0.05) is 13.8 Å². The molecular weight excluding hydrogens is 330 g/mol. The minimum atomic E-state index is -0.284. The molecule has 7 heteroatoms. The average Bonchev–Trinajstić information content (AvgIpc) is 2.66. The van der Waals surface area contributed by atoms with Crippen LogP contribution in [-0.2, 0) is 11.3 Å². The highest BCUT2D eigenvalue weighted by molar-refractivity contribution is 9.10. The molecule has 5 nitrogen and oxygen atoms in total. The smallest absolute Gasteiger partial charge is 0.294 e. The van der Waals surface area contributed by atoms with Gasteiger partial charge in [0.05, 0.1) is 24.1 Å². The number of nitrogens with zero attached hydrogens (tertiary/aromatic N) is 1. The van der Waals surface area contributed by atoms with Crippen LogP contribution < -0.4 is 10.1 Å². The third-order valence-corrected chi connectivity index (χ3v) is 3.53. The van der Waals surface area contributed by atoms with E-state index in [-0.39, 0.29) is 11.2 Å². The summed E-state index contributed by atoms with van der Waals surface area (Å²) in [5.41, 5.74) is 0.780. The highest BCUT2D eigenvalue weighted by atomic mass is 79.9. The van der Waals surface area contributed by atoms with Gasteiger partial charge in [-0.3, -0.25) is 4.79 Å². The molecule has 0 fully saturated rings. The molecule has 0 bridgehead atoms. The first-order valence-electron chi connectivity index (χ1n) is 6.27. The SMILES string of the molecule is CCOc1nc(Br)c(CNC(=O)[C@@H](S)CC(C)C)[nH]1. The lowest BCUT2D eigenvalue weighted by molar-refractivity contribution is -0.121. The summed E-state index contributed by atoms with van der Waals surface area (Å²) in [6, 6.07) is 0.447. The largest absolute Gasteiger partial charge is 0.465 e. The maximum atomic E-state index is 11.8. The van der Waals surface area contributed by atoms with E-state index in [4.69, 9.17) is 4.74 Å². The molecule has 0 aliphatic heterocycles. The lowest BCUT2D eigenvalue weighted by atomic mass is 10.1. The van der Waals surface area contributed by atoms with Gasteiger partial charge < -0.3 is 15.0 Å². The zero-order valence-corrected chi connectivity index (χ0v) is 13.8. The molecule has 0 spiro atoms. The fourth-order valence-corrected chi connectivity index (χ4v) is 2.45. The molecule has 0 aliphatic rings. The zero-order valence-electron chi connectivity index (χ0n) is 11.4. The molecule has 0 radical (unpaired) electrons. The fraction of sp³-hybridized carbons (Fsp3) is 0.667. The van der Waals surface area contributed by atoms with Gasteiger partial charge in [0.25, 0.3) is 6.01 Å². The molecule has 0 saturated carbocycles. The van der Waals surface area contributed by atoms with Gasteiger partial charge in [-0.25, -0.2) is 0 Å². The maximum Gasteiger partial charge on any atom is 0.294 e. The summed E-state index contributed by atoms with van der Waals surface area (Å²) in [6.45, 7) is 6.93. The number of aromatic amines is 1. The van der Waals surface area contributed by atoms with Gasteiger partial charge in [0.2, 0.25) is 5.91 Å². The second kappa shape index (κ2) is 7.79. The molecular formula is C12H20BrN3O2S. The molecule has 1 aromatic rings. The van der Waals surface area contributed by atoms with Crippen LogP contribution in [0.25, 0.3) is 0 Å². The Hall–Kier alpha value is -0.690. The zero-order chi connectivity index (χ0) is 14.4. The third-order valence-electron chi connectivity index (χ3n) is 2.42. The van der Waals surface area contributed by atoms with Crippen molar-refractivity contribution in [1.29, 1.82) is 0 Å². The van der Waals surface area contributed by atoms with Crippen molar-refractivity contribution in [1.82, 2.24) is 15.3 Å². The number of hydrogen-bond acceptors (Lipinski definition) is 4. The lowest BCUT2D eigenvalue weighted by Gasteiger charge is -2.12. The van der Waals surface area contributed by atoms with Gasteiger partial charge in [0.15, 0.2) is 0 Å². The number of halogens is 1. The van der Waals surface area contributed by atoms with E-state index in [0.29, 0.717) is 29.7 Å². The normalized spacial score (nSPS) is 12.5. The van der Waals surface area contributed by atoms with Crippen LogP contribution in [0.3, 0.4) is 0 Å². The van der Waals surface area contributed by atoms with Crippen molar-refractivity contribution < 1.29 is 9.53 Å². The maximum absolute atomic E-state index is 11.8. The second-order valence-corrected chi connectivity index (χ2v) is 5.98. The van der Waals surface area contributed by atoms with E-state index in [2.05, 4.69) is 57.7 Å². The van der Waals surface area contributed by atoms with E-state index in [1.54, 1.807) is 0 Å². The van der Waals surface area contributed by atoms with E-state index < -0.39 is 0 Å². The Morgan fingerprint density at radius 2 is 2.26 bits per heavy atom. The average molecular weight is 350 g/mol. The first kappa shape index (κ1) is 16.4. The number of nitrogens with one attached hydrogen (secondary N) is 2. The number of aromatic nitrogens is 2. The lowest BCUT2D eigenvalue weighted by Crippen LogP contribution is -2.32. The van der Waals surface area contributed by atoms with Crippen LogP contribution in [0.2, 0.25) is 0 Å². The van der Waals surface area contributed by atoms with Gasteiger partial charge in [0.1, 0.15) is 4.60 Å². The summed E-state index contributed by atoms with van der Waals surface area (Å²) in [5.74, 6) is 0.369. The van der Waals surface area contributed by atoms with Crippen LogP contribution in [0, 0.1) is 5.92 Å². The third kappa shape index (κ3) is 5.44. The van der Waals surface area contributed by atoms with Gasteiger partial charge in [-0.2, -0.15) is 17.6 Å². The van der Waals surface area contributed by atoms with E-state index in [9.17, 15) is 4.79 Å². The number of H-pyrrole nitrogens is 1. The molecule has 0 aliphatic carbocycles. The van der Waals surface area contributed by atoms with Crippen LogP contribution in [0.5, 0.6) is 6.01 Å². The number of rotatable bonds is 7. The molecule has 0 aromatic carbocycles. The van der Waals surface area contributed by atoms with E-state index in [1.807, 2.05) is 6.92 Å². The molecule has 0 unspecified atom stereocenters. The standard InChI is InChI=1S/C12H20BrN3O2S/c1-4-18-12-15-8(10(13)16-12)6-14-11(17)9(19)5-7(2)3/h7,9,19H,4-6H2,1-3H3,(H,14,17)(H,15,16)/t9-/m0/s1. The van der Waals surface area contributed by atoms with Gasteiger partial charge in [-0.05, 0) is 35.2 Å². The van der Waals surface area contributed by atoms with Crippen molar-refractivity contribution in [2.45, 2.75) is 39.0 Å². The van der Waals surface area contributed by atoms with Crippen LogP contribution in [-0.4, -0.2) is 27.7 Å². The molecule has 1 amide bonds. The Morgan fingerprint density at radius 1 is 1.58 bits per heavy atom. The van der Waals surface area contributed by atoms with E-state index in [0.717, 1.165) is 12.1 Å². The summed E-state index contributed by atoms with van der Waals surface area (Å²) in [6.07, 6.45) is 0.753. The van der Waals surface area contributed by atoms with Crippen molar-refractivity contribution >= 4 is 34.5 Å². The number of hydrogen-bond donors (Lipinski definition) is 3. The Balaban J connectivity index is 2.49.